The Hall–Kier alpha value is -1.05. The van der Waals surface area contributed by atoms with E-state index in [1.807, 2.05) is 13.0 Å². The van der Waals surface area contributed by atoms with Gasteiger partial charge in [-0.2, -0.15) is 0 Å². The van der Waals surface area contributed by atoms with Gasteiger partial charge < -0.3 is 4.74 Å². The Morgan fingerprint density at radius 1 is 1.62 bits per heavy atom. The lowest BCUT2D eigenvalue weighted by Crippen LogP contribution is -2.05. The van der Waals surface area contributed by atoms with E-state index in [1.54, 1.807) is 0 Å². The first kappa shape index (κ1) is 10.0. The molecule has 0 radical (unpaired) electrons. The molecule has 0 heterocycles. The number of ether oxygens (including phenoxy) is 1. The van der Waals surface area contributed by atoms with Crippen molar-refractivity contribution in [2.24, 2.45) is 0 Å². The Morgan fingerprint density at radius 3 is 3.08 bits per heavy atom. The number of esters is 1. The Bertz CT molecular complexity index is 226. The van der Waals surface area contributed by atoms with Gasteiger partial charge in [0.2, 0.25) is 0 Å². The van der Waals surface area contributed by atoms with Gasteiger partial charge in [0.25, 0.3) is 0 Å². The standard InChI is InChI=1S/C11H16O2/c1-2-5-11(12)13-9-8-10-6-3-4-7-10/h3-4,6H,2,5,7-9H2,1H3. The summed E-state index contributed by atoms with van der Waals surface area (Å²) in [5.41, 5.74) is 1.35. The molecule has 72 valence electrons. The maximum atomic E-state index is 11.0. The third-order valence-corrected chi connectivity index (χ3v) is 1.99. The summed E-state index contributed by atoms with van der Waals surface area (Å²) < 4.78 is 5.04. The molecule has 0 atom stereocenters. The van der Waals surface area contributed by atoms with E-state index in [0.717, 1.165) is 19.3 Å². The third-order valence-electron chi connectivity index (χ3n) is 1.99. The highest BCUT2D eigenvalue weighted by molar-refractivity contribution is 5.69. The van der Waals surface area contributed by atoms with Crippen molar-refractivity contribution in [3.05, 3.63) is 23.8 Å². The molecule has 0 N–H and O–H groups in total. The topological polar surface area (TPSA) is 26.3 Å². The van der Waals surface area contributed by atoms with Crippen LogP contribution >= 0.6 is 0 Å². The molecule has 13 heavy (non-hydrogen) atoms. The number of carbonyl (C=O) groups excluding carboxylic acids is 1. The van der Waals surface area contributed by atoms with Gasteiger partial charge in [0.1, 0.15) is 0 Å². The van der Waals surface area contributed by atoms with Crippen molar-refractivity contribution in [1.82, 2.24) is 0 Å². The Kier molecular flexibility index (Phi) is 4.30. The smallest absolute Gasteiger partial charge is 0.305 e. The van der Waals surface area contributed by atoms with Crippen molar-refractivity contribution in [2.75, 3.05) is 6.61 Å². The van der Waals surface area contributed by atoms with Crippen molar-refractivity contribution in [1.29, 1.82) is 0 Å². The van der Waals surface area contributed by atoms with Crippen molar-refractivity contribution in [3.8, 4) is 0 Å². The van der Waals surface area contributed by atoms with Crippen LogP contribution in [0.2, 0.25) is 0 Å². The molecule has 2 heteroatoms. The molecule has 2 nitrogen and oxygen atoms in total. The first-order valence-corrected chi connectivity index (χ1v) is 4.83. The van der Waals surface area contributed by atoms with Gasteiger partial charge in [-0.1, -0.05) is 30.7 Å². The SMILES string of the molecule is CCCC(=O)OCCC1=CC=CC1. The van der Waals surface area contributed by atoms with E-state index >= 15 is 0 Å². The molecule has 0 aromatic heterocycles. The van der Waals surface area contributed by atoms with Gasteiger partial charge >= 0.3 is 5.97 Å². The summed E-state index contributed by atoms with van der Waals surface area (Å²) in [5, 5.41) is 0. The van der Waals surface area contributed by atoms with Crippen molar-refractivity contribution in [2.45, 2.75) is 32.6 Å². The molecular formula is C11H16O2. The number of allylic oxidation sites excluding steroid dienone is 3. The number of hydrogen-bond acceptors (Lipinski definition) is 2. The molecule has 0 aromatic rings. The van der Waals surface area contributed by atoms with E-state index in [4.69, 9.17) is 4.74 Å². The fourth-order valence-corrected chi connectivity index (χ4v) is 1.25. The van der Waals surface area contributed by atoms with Crippen LogP contribution in [-0.4, -0.2) is 12.6 Å². The van der Waals surface area contributed by atoms with E-state index in [9.17, 15) is 4.79 Å². The lowest BCUT2D eigenvalue weighted by Gasteiger charge is -2.03. The minimum Gasteiger partial charge on any atom is -0.465 e. The summed E-state index contributed by atoms with van der Waals surface area (Å²) in [4.78, 5) is 11.0. The second-order valence-corrected chi connectivity index (χ2v) is 3.18. The summed E-state index contributed by atoms with van der Waals surface area (Å²) in [6, 6.07) is 0. The summed E-state index contributed by atoms with van der Waals surface area (Å²) in [6.07, 6.45) is 9.55. The molecule has 0 spiro atoms. The molecule has 0 aliphatic heterocycles. The normalized spacial score (nSPS) is 14.4. The molecule has 0 saturated heterocycles. The molecule has 0 bridgehead atoms. The van der Waals surface area contributed by atoms with E-state index < -0.39 is 0 Å². The molecule has 1 aliphatic rings. The Morgan fingerprint density at radius 2 is 2.46 bits per heavy atom. The Balaban J connectivity index is 2.04. The average molecular weight is 180 g/mol. The van der Waals surface area contributed by atoms with E-state index in [1.165, 1.54) is 5.57 Å². The van der Waals surface area contributed by atoms with Gasteiger partial charge in [0.05, 0.1) is 6.61 Å². The third kappa shape index (κ3) is 3.92. The van der Waals surface area contributed by atoms with Crippen LogP contribution < -0.4 is 0 Å². The molecule has 1 rings (SSSR count). The first-order valence-electron chi connectivity index (χ1n) is 4.83. The zero-order chi connectivity index (χ0) is 9.52. The van der Waals surface area contributed by atoms with E-state index in [0.29, 0.717) is 13.0 Å². The van der Waals surface area contributed by atoms with Gasteiger partial charge in [0, 0.05) is 12.8 Å². The molecule has 0 saturated carbocycles. The Labute approximate surface area is 79.3 Å². The second kappa shape index (κ2) is 5.57. The predicted octanol–water partition coefficient (Wildman–Crippen LogP) is 2.61. The lowest BCUT2D eigenvalue weighted by molar-refractivity contribution is -0.143. The van der Waals surface area contributed by atoms with E-state index in [2.05, 4.69) is 12.2 Å². The zero-order valence-corrected chi connectivity index (χ0v) is 8.08. The van der Waals surface area contributed by atoms with Crippen LogP contribution in [0.3, 0.4) is 0 Å². The van der Waals surface area contributed by atoms with E-state index in [-0.39, 0.29) is 5.97 Å². The van der Waals surface area contributed by atoms with Gasteiger partial charge in [-0.3, -0.25) is 4.79 Å². The second-order valence-electron chi connectivity index (χ2n) is 3.18. The van der Waals surface area contributed by atoms with Crippen LogP contribution in [-0.2, 0) is 9.53 Å². The summed E-state index contributed by atoms with van der Waals surface area (Å²) >= 11 is 0. The van der Waals surface area contributed by atoms with Crippen LogP contribution in [0.1, 0.15) is 32.6 Å². The van der Waals surface area contributed by atoms with Crippen LogP contribution in [0.5, 0.6) is 0 Å². The molecule has 0 fully saturated rings. The first-order chi connectivity index (χ1) is 6.33. The van der Waals surface area contributed by atoms with Gasteiger partial charge in [0.15, 0.2) is 0 Å². The number of hydrogen-bond donors (Lipinski definition) is 0. The summed E-state index contributed by atoms with van der Waals surface area (Å²) in [7, 11) is 0. The summed E-state index contributed by atoms with van der Waals surface area (Å²) in [6.45, 7) is 2.51. The van der Waals surface area contributed by atoms with Crippen molar-refractivity contribution >= 4 is 5.97 Å². The van der Waals surface area contributed by atoms with Crippen molar-refractivity contribution < 1.29 is 9.53 Å². The maximum absolute atomic E-state index is 11.0. The molecule has 0 amide bonds. The lowest BCUT2D eigenvalue weighted by atomic mass is 10.2. The zero-order valence-electron chi connectivity index (χ0n) is 8.08. The molecule has 0 unspecified atom stereocenters. The number of rotatable bonds is 5. The highest BCUT2D eigenvalue weighted by Crippen LogP contribution is 2.13. The van der Waals surface area contributed by atoms with Crippen molar-refractivity contribution in [3.63, 3.8) is 0 Å². The largest absolute Gasteiger partial charge is 0.465 e. The van der Waals surface area contributed by atoms with Gasteiger partial charge in [-0.15, -0.1) is 0 Å². The number of carbonyl (C=O) groups is 1. The molecule has 0 aromatic carbocycles. The quantitative estimate of drug-likeness (QED) is 0.608. The van der Waals surface area contributed by atoms with Crippen LogP contribution in [0.4, 0.5) is 0 Å². The molecular weight excluding hydrogens is 164 g/mol. The van der Waals surface area contributed by atoms with Crippen LogP contribution in [0.15, 0.2) is 23.8 Å². The predicted molar refractivity (Wildman–Crippen MR) is 52.3 cm³/mol. The fourth-order valence-electron chi connectivity index (χ4n) is 1.25. The van der Waals surface area contributed by atoms with Crippen LogP contribution in [0, 0.1) is 0 Å². The highest BCUT2D eigenvalue weighted by Gasteiger charge is 2.02. The maximum Gasteiger partial charge on any atom is 0.305 e. The monoisotopic (exact) mass is 180 g/mol. The minimum atomic E-state index is -0.0749. The fraction of sp³-hybridized carbons (Fsp3) is 0.545. The molecule has 1 aliphatic carbocycles. The average Bonchev–Trinajstić information content (AvgIpc) is 2.57. The summed E-state index contributed by atoms with van der Waals surface area (Å²) in [5.74, 6) is -0.0749. The van der Waals surface area contributed by atoms with Gasteiger partial charge in [-0.05, 0) is 12.8 Å². The highest BCUT2D eigenvalue weighted by atomic mass is 16.5. The minimum absolute atomic E-state index is 0.0749. The van der Waals surface area contributed by atoms with Gasteiger partial charge in [-0.25, -0.2) is 0 Å². The van der Waals surface area contributed by atoms with Crippen LogP contribution in [0.25, 0.3) is 0 Å².